The molecule has 18 heavy (non-hydrogen) atoms. The van der Waals surface area contributed by atoms with E-state index in [1.165, 1.54) is 11.3 Å². The second kappa shape index (κ2) is 5.54. The van der Waals surface area contributed by atoms with Crippen LogP contribution in [0.1, 0.15) is 11.3 Å². The van der Waals surface area contributed by atoms with Crippen molar-refractivity contribution >= 4 is 11.4 Å². The molecule has 1 heterocycles. The molecule has 0 amide bonds. The van der Waals surface area contributed by atoms with E-state index in [4.69, 9.17) is 5.73 Å². The zero-order chi connectivity index (χ0) is 13.0. The standard InChI is InChI=1S/C15H19N3/c1-12-4-3-5-15(10-12)18(2)9-8-14-7-6-13(16)11-17-14/h3-7,10-11H,8-9,16H2,1-2H3. The van der Waals surface area contributed by atoms with Crippen molar-refractivity contribution in [3.8, 4) is 0 Å². The maximum absolute atomic E-state index is 5.62. The molecule has 0 unspecified atom stereocenters. The first-order valence-electron chi connectivity index (χ1n) is 6.13. The molecule has 0 saturated carbocycles. The van der Waals surface area contributed by atoms with E-state index in [2.05, 4.69) is 48.1 Å². The highest BCUT2D eigenvalue weighted by Gasteiger charge is 2.02. The number of likely N-dealkylation sites (N-methyl/N-ethyl adjacent to an activating group) is 1. The summed E-state index contributed by atoms with van der Waals surface area (Å²) in [4.78, 5) is 6.55. The molecular weight excluding hydrogens is 222 g/mol. The number of pyridine rings is 1. The molecule has 0 bridgehead atoms. The number of hydrogen-bond acceptors (Lipinski definition) is 3. The van der Waals surface area contributed by atoms with Crippen molar-refractivity contribution in [2.75, 3.05) is 24.2 Å². The van der Waals surface area contributed by atoms with E-state index < -0.39 is 0 Å². The van der Waals surface area contributed by atoms with E-state index in [9.17, 15) is 0 Å². The van der Waals surface area contributed by atoms with E-state index in [-0.39, 0.29) is 0 Å². The van der Waals surface area contributed by atoms with Crippen molar-refractivity contribution in [1.29, 1.82) is 0 Å². The van der Waals surface area contributed by atoms with Crippen LogP contribution in [0.3, 0.4) is 0 Å². The summed E-state index contributed by atoms with van der Waals surface area (Å²) in [6.07, 6.45) is 2.63. The van der Waals surface area contributed by atoms with Gasteiger partial charge in [0.05, 0.1) is 11.9 Å². The van der Waals surface area contributed by atoms with Crippen LogP contribution in [0.5, 0.6) is 0 Å². The van der Waals surface area contributed by atoms with Crippen LogP contribution in [-0.2, 0) is 6.42 Å². The van der Waals surface area contributed by atoms with Crippen LogP contribution in [0.4, 0.5) is 11.4 Å². The molecule has 3 heteroatoms. The lowest BCUT2D eigenvalue weighted by Gasteiger charge is -2.19. The lowest BCUT2D eigenvalue weighted by molar-refractivity contribution is 0.852. The molecule has 94 valence electrons. The number of nitrogens with zero attached hydrogens (tertiary/aromatic N) is 2. The fourth-order valence-corrected chi connectivity index (χ4v) is 1.86. The lowest BCUT2D eigenvalue weighted by Crippen LogP contribution is -2.20. The number of rotatable bonds is 4. The van der Waals surface area contributed by atoms with Crippen molar-refractivity contribution in [2.24, 2.45) is 0 Å². The summed E-state index contributed by atoms with van der Waals surface area (Å²) in [7, 11) is 2.10. The highest BCUT2D eigenvalue weighted by Crippen LogP contribution is 2.14. The quantitative estimate of drug-likeness (QED) is 0.894. The highest BCUT2D eigenvalue weighted by molar-refractivity contribution is 5.47. The van der Waals surface area contributed by atoms with Gasteiger partial charge >= 0.3 is 0 Å². The van der Waals surface area contributed by atoms with Crippen LogP contribution in [0, 0.1) is 6.92 Å². The van der Waals surface area contributed by atoms with Gasteiger partial charge in [0.2, 0.25) is 0 Å². The van der Waals surface area contributed by atoms with Gasteiger partial charge in [0.15, 0.2) is 0 Å². The molecule has 0 fully saturated rings. The Bertz CT molecular complexity index is 505. The fourth-order valence-electron chi connectivity index (χ4n) is 1.86. The molecule has 2 rings (SSSR count). The maximum Gasteiger partial charge on any atom is 0.0501 e. The zero-order valence-corrected chi connectivity index (χ0v) is 10.9. The molecule has 1 aromatic heterocycles. The molecule has 2 N–H and O–H groups in total. The minimum Gasteiger partial charge on any atom is -0.397 e. The van der Waals surface area contributed by atoms with E-state index in [0.717, 1.165) is 18.7 Å². The predicted molar refractivity (Wildman–Crippen MR) is 76.8 cm³/mol. The average molecular weight is 241 g/mol. The van der Waals surface area contributed by atoms with Gasteiger partial charge in [0.1, 0.15) is 0 Å². The van der Waals surface area contributed by atoms with E-state index in [0.29, 0.717) is 5.69 Å². The molecule has 0 spiro atoms. The first-order valence-corrected chi connectivity index (χ1v) is 6.13. The molecular formula is C15H19N3. The second-order valence-corrected chi connectivity index (χ2v) is 4.59. The van der Waals surface area contributed by atoms with Gasteiger partial charge in [0.25, 0.3) is 0 Å². The van der Waals surface area contributed by atoms with Gasteiger partial charge in [-0.15, -0.1) is 0 Å². The van der Waals surface area contributed by atoms with Crippen LogP contribution < -0.4 is 10.6 Å². The number of anilines is 2. The smallest absolute Gasteiger partial charge is 0.0501 e. The minimum atomic E-state index is 0.714. The van der Waals surface area contributed by atoms with Crippen molar-refractivity contribution in [3.63, 3.8) is 0 Å². The Balaban J connectivity index is 1.96. The number of aromatic nitrogens is 1. The topological polar surface area (TPSA) is 42.1 Å². The highest BCUT2D eigenvalue weighted by atomic mass is 15.1. The van der Waals surface area contributed by atoms with Crippen molar-refractivity contribution < 1.29 is 0 Å². The monoisotopic (exact) mass is 241 g/mol. The van der Waals surface area contributed by atoms with Crippen molar-refractivity contribution in [3.05, 3.63) is 53.9 Å². The molecule has 0 atom stereocenters. The second-order valence-electron chi connectivity index (χ2n) is 4.59. The molecule has 2 aromatic rings. The summed E-state index contributed by atoms with van der Waals surface area (Å²) in [6, 6.07) is 12.4. The summed E-state index contributed by atoms with van der Waals surface area (Å²) >= 11 is 0. The average Bonchev–Trinajstić information content (AvgIpc) is 2.38. The van der Waals surface area contributed by atoms with Crippen LogP contribution >= 0.6 is 0 Å². The Morgan fingerprint density at radius 2 is 2.06 bits per heavy atom. The predicted octanol–water partition coefficient (Wildman–Crippen LogP) is 2.65. The third kappa shape index (κ3) is 3.23. The van der Waals surface area contributed by atoms with Crippen molar-refractivity contribution in [1.82, 2.24) is 4.98 Å². The molecule has 0 saturated heterocycles. The molecule has 0 aliphatic heterocycles. The molecule has 1 aromatic carbocycles. The van der Waals surface area contributed by atoms with Crippen molar-refractivity contribution in [2.45, 2.75) is 13.3 Å². The normalized spacial score (nSPS) is 10.3. The minimum absolute atomic E-state index is 0.714. The first kappa shape index (κ1) is 12.4. The van der Waals surface area contributed by atoms with Gasteiger partial charge in [-0.3, -0.25) is 4.98 Å². The van der Waals surface area contributed by atoms with Crippen LogP contribution in [0.15, 0.2) is 42.6 Å². The van der Waals surface area contributed by atoms with Crippen LogP contribution in [-0.4, -0.2) is 18.6 Å². The van der Waals surface area contributed by atoms with E-state index in [1.54, 1.807) is 6.20 Å². The van der Waals surface area contributed by atoms with Gasteiger partial charge in [0, 0.05) is 31.4 Å². The number of nitrogen functional groups attached to an aromatic ring is 1. The number of aryl methyl sites for hydroxylation is 1. The fraction of sp³-hybridized carbons (Fsp3) is 0.267. The Hall–Kier alpha value is -2.03. The zero-order valence-electron chi connectivity index (χ0n) is 10.9. The molecule has 0 radical (unpaired) electrons. The van der Waals surface area contributed by atoms with Gasteiger partial charge in [-0.25, -0.2) is 0 Å². The third-order valence-electron chi connectivity index (χ3n) is 2.99. The third-order valence-corrected chi connectivity index (χ3v) is 2.99. The van der Waals surface area contributed by atoms with Gasteiger partial charge in [-0.05, 0) is 36.8 Å². The van der Waals surface area contributed by atoms with E-state index >= 15 is 0 Å². The summed E-state index contributed by atoms with van der Waals surface area (Å²) in [5.41, 5.74) is 9.93. The van der Waals surface area contributed by atoms with Gasteiger partial charge < -0.3 is 10.6 Å². The first-order chi connectivity index (χ1) is 8.65. The Labute approximate surface area is 108 Å². The molecule has 0 aliphatic rings. The van der Waals surface area contributed by atoms with Crippen LogP contribution in [0.25, 0.3) is 0 Å². The molecule has 3 nitrogen and oxygen atoms in total. The maximum atomic E-state index is 5.62. The lowest BCUT2D eigenvalue weighted by atomic mass is 10.2. The molecule has 0 aliphatic carbocycles. The largest absolute Gasteiger partial charge is 0.397 e. The summed E-state index contributed by atoms with van der Waals surface area (Å²) in [6.45, 7) is 3.05. The number of benzene rings is 1. The summed E-state index contributed by atoms with van der Waals surface area (Å²) < 4.78 is 0. The van der Waals surface area contributed by atoms with Gasteiger partial charge in [-0.1, -0.05) is 12.1 Å². The number of hydrogen-bond donors (Lipinski definition) is 1. The SMILES string of the molecule is Cc1cccc(N(C)CCc2ccc(N)cn2)c1. The summed E-state index contributed by atoms with van der Waals surface area (Å²) in [5, 5.41) is 0. The Morgan fingerprint density at radius 1 is 1.22 bits per heavy atom. The van der Waals surface area contributed by atoms with E-state index in [1.807, 2.05) is 12.1 Å². The Morgan fingerprint density at radius 3 is 2.72 bits per heavy atom. The Kier molecular flexibility index (Phi) is 3.82. The van der Waals surface area contributed by atoms with Gasteiger partial charge in [-0.2, -0.15) is 0 Å². The van der Waals surface area contributed by atoms with Crippen LogP contribution in [0.2, 0.25) is 0 Å². The number of nitrogens with two attached hydrogens (primary N) is 1. The summed E-state index contributed by atoms with van der Waals surface area (Å²) in [5.74, 6) is 0.